The van der Waals surface area contributed by atoms with Crippen LogP contribution < -0.4 is 0 Å². The Hall–Kier alpha value is -0.880. The van der Waals surface area contributed by atoms with Gasteiger partial charge in [0.15, 0.2) is 0 Å². The lowest BCUT2D eigenvalue weighted by Gasteiger charge is -2.21. The Labute approximate surface area is 118 Å². The average Bonchev–Trinajstić information content (AvgIpc) is 3.07. The van der Waals surface area contributed by atoms with Crippen molar-refractivity contribution in [3.8, 4) is 0 Å². The summed E-state index contributed by atoms with van der Waals surface area (Å²) in [6.45, 7) is 0.522. The van der Waals surface area contributed by atoms with Crippen LogP contribution >= 0.6 is 27.3 Å². The molecular weight excluding hydrogens is 318 g/mol. The minimum Gasteiger partial charge on any atom is -0.468 e. The molecule has 1 aliphatic carbocycles. The van der Waals surface area contributed by atoms with Crippen LogP contribution in [0.25, 0.3) is 0 Å². The van der Waals surface area contributed by atoms with E-state index in [0.717, 1.165) is 8.66 Å². The molecule has 98 valence electrons. The van der Waals surface area contributed by atoms with Crippen LogP contribution in [0.2, 0.25) is 0 Å². The molecule has 4 nitrogen and oxygen atoms in total. The molecule has 1 heterocycles. The summed E-state index contributed by atoms with van der Waals surface area (Å²) in [5, 5.41) is 0. The summed E-state index contributed by atoms with van der Waals surface area (Å²) in [5.41, 5.74) is -0.905. The van der Waals surface area contributed by atoms with Gasteiger partial charge in [0.1, 0.15) is 5.41 Å². The zero-order valence-corrected chi connectivity index (χ0v) is 12.6. The Bertz CT molecular complexity index is 481. The predicted molar refractivity (Wildman–Crippen MR) is 72.2 cm³/mol. The summed E-state index contributed by atoms with van der Waals surface area (Å²) in [7, 11) is 3.05. The number of hydrogen-bond donors (Lipinski definition) is 0. The van der Waals surface area contributed by atoms with Gasteiger partial charge in [0.25, 0.3) is 0 Å². The second-order valence-electron chi connectivity index (χ2n) is 4.44. The van der Waals surface area contributed by atoms with Crippen molar-refractivity contribution in [3.05, 3.63) is 20.8 Å². The molecule has 0 spiro atoms. The van der Waals surface area contributed by atoms with Gasteiger partial charge in [-0.25, -0.2) is 0 Å². The van der Waals surface area contributed by atoms with E-state index in [9.17, 15) is 9.59 Å². The van der Waals surface area contributed by atoms with Gasteiger partial charge in [-0.05, 0) is 40.9 Å². The van der Waals surface area contributed by atoms with Crippen LogP contribution in [0.1, 0.15) is 17.7 Å². The summed E-state index contributed by atoms with van der Waals surface area (Å²) < 4.78 is 5.75. The number of nitrogens with zero attached hydrogens (tertiary/aromatic N) is 1. The van der Waals surface area contributed by atoms with Crippen molar-refractivity contribution in [2.45, 2.75) is 19.4 Å². The number of thiophene rings is 1. The van der Waals surface area contributed by atoms with Gasteiger partial charge in [0.2, 0.25) is 5.91 Å². The van der Waals surface area contributed by atoms with Crippen molar-refractivity contribution in [1.29, 1.82) is 0 Å². The summed E-state index contributed by atoms with van der Waals surface area (Å²) in [5.74, 6) is -0.550. The first-order chi connectivity index (χ1) is 8.49. The Kier molecular flexibility index (Phi) is 3.77. The van der Waals surface area contributed by atoms with E-state index in [1.807, 2.05) is 12.1 Å². The van der Waals surface area contributed by atoms with Crippen LogP contribution in [0.4, 0.5) is 0 Å². The van der Waals surface area contributed by atoms with Crippen molar-refractivity contribution in [3.63, 3.8) is 0 Å². The first kappa shape index (κ1) is 13.5. The van der Waals surface area contributed by atoms with Gasteiger partial charge in [0.05, 0.1) is 17.4 Å². The SMILES string of the molecule is COC(=O)C1(C(=O)N(C)Cc2ccc(Br)s2)CC1. The van der Waals surface area contributed by atoms with Gasteiger partial charge in [-0.2, -0.15) is 0 Å². The van der Waals surface area contributed by atoms with E-state index in [2.05, 4.69) is 15.9 Å². The molecule has 0 N–H and O–H groups in total. The molecule has 0 atom stereocenters. The fraction of sp³-hybridized carbons (Fsp3) is 0.500. The zero-order valence-electron chi connectivity index (χ0n) is 10.2. The van der Waals surface area contributed by atoms with Crippen molar-refractivity contribution >= 4 is 39.1 Å². The van der Waals surface area contributed by atoms with Crippen molar-refractivity contribution in [2.24, 2.45) is 5.41 Å². The molecule has 6 heteroatoms. The lowest BCUT2D eigenvalue weighted by atomic mass is 10.1. The number of hydrogen-bond acceptors (Lipinski definition) is 4. The van der Waals surface area contributed by atoms with E-state index in [0.29, 0.717) is 19.4 Å². The van der Waals surface area contributed by atoms with Crippen LogP contribution in [0.15, 0.2) is 15.9 Å². The maximum absolute atomic E-state index is 12.3. The highest BCUT2D eigenvalue weighted by Crippen LogP contribution is 2.48. The number of rotatable bonds is 4. The Morgan fingerprint density at radius 1 is 1.50 bits per heavy atom. The highest BCUT2D eigenvalue weighted by molar-refractivity contribution is 9.11. The second kappa shape index (κ2) is 5.01. The van der Waals surface area contributed by atoms with E-state index < -0.39 is 11.4 Å². The molecule has 1 aromatic heterocycles. The number of amides is 1. The summed E-state index contributed by atoms with van der Waals surface area (Å²) in [6.07, 6.45) is 1.19. The Morgan fingerprint density at radius 3 is 2.61 bits per heavy atom. The highest BCUT2D eigenvalue weighted by Gasteiger charge is 2.58. The van der Waals surface area contributed by atoms with Crippen molar-refractivity contribution < 1.29 is 14.3 Å². The van der Waals surface area contributed by atoms with Gasteiger partial charge in [-0.1, -0.05) is 0 Å². The van der Waals surface area contributed by atoms with Gasteiger partial charge in [-0.15, -0.1) is 11.3 Å². The number of methoxy groups -OCH3 is 1. The Morgan fingerprint density at radius 2 is 2.17 bits per heavy atom. The summed E-state index contributed by atoms with van der Waals surface area (Å²) >= 11 is 4.97. The maximum Gasteiger partial charge on any atom is 0.321 e. The summed E-state index contributed by atoms with van der Waals surface area (Å²) in [4.78, 5) is 26.6. The Balaban J connectivity index is 2.03. The van der Waals surface area contributed by atoms with Crippen molar-refractivity contribution in [2.75, 3.05) is 14.2 Å². The molecule has 0 unspecified atom stereocenters. The molecule has 1 aromatic rings. The van der Waals surface area contributed by atoms with Crippen LogP contribution in [0.3, 0.4) is 0 Å². The standard InChI is InChI=1S/C12H14BrNO3S/c1-14(7-8-3-4-9(13)18-8)10(15)12(5-6-12)11(16)17-2/h3-4H,5-7H2,1-2H3. The van der Waals surface area contributed by atoms with Gasteiger partial charge >= 0.3 is 5.97 Å². The molecule has 0 bridgehead atoms. The van der Waals surface area contributed by atoms with E-state index in [4.69, 9.17) is 4.74 Å². The largest absolute Gasteiger partial charge is 0.468 e. The monoisotopic (exact) mass is 331 g/mol. The van der Waals surface area contributed by atoms with Crippen LogP contribution in [-0.4, -0.2) is 30.9 Å². The van der Waals surface area contributed by atoms with Crippen LogP contribution in [0, 0.1) is 5.41 Å². The molecule has 1 saturated carbocycles. The molecule has 1 amide bonds. The molecule has 0 saturated heterocycles. The number of esters is 1. The molecule has 1 aliphatic rings. The lowest BCUT2D eigenvalue weighted by Crippen LogP contribution is -2.38. The highest BCUT2D eigenvalue weighted by atomic mass is 79.9. The third-order valence-corrected chi connectivity index (χ3v) is 4.71. The second-order valence-corrected chi connectivity index (χ2v) is 6.99. The number of carbonyl (C=O) groups excluding carboxylic acids is 2. The molecule has 2 rings (SSSR count). The minimum absolute atomic E-state index is 0.140. The number of carbonyl (C=O) groups is 2. The molecule has 18 heavy (non-hydrogen) atoms. The van der Waals surface area contributed by atoms with E-state index in [1.54, 1.807) is 23.3 Å². The average molecular weight is 332 g/mol. The third-order valence-electron chi connectivity index (χ3n) is 3.10. The fourth-order valence-electron chi connectivity index (χ4n) is 1.93. The van der Waals surface area contributed by atoms with E-state index >= 15 is 0 Å². The quantitative estimate of drug-likeness (QED) is 0.628. The minimum atomic E-state index is -0.905. The van der Waals surface area contributed by atoms with E-state index in [1.165, 1.54) is 7.11 Å². The topological polar surface area (TPSA) is 46.6 Å². The van der Waals surface area contributed by atoms with Gasteiger partial charge < -0.3 is 9.64 Å². The fourth-order valence-corrected chi connectivity index (χ4v) is 3.47. The normalized spacial score (nSPS) is 16.2. The molecule has 1 fully saturated rings. The van der Waals surface area contributed by atoms with Crippen LogP contribution in [0.5, 0.6) is 0 Å². The zero-order chi connectivity index (χ0) is 13.3. The van der Waals surface area contributed by atoms with E-state index in [-0.39, 0.29) is 5.91 Å². The smallest absolute Gasteiger partial charge is 0.321 e. The predicted octanol–water partition coefficient (Wildman–Crippen LogP) is 2.42. The summed E-state index contributed by atoms with van der Waals surface area (Å²) in [6, 6.07) is 3.92. The van der Waals surface area contributed by atoms with Crippen molar-refractivity contribution in [1.82, 2.24) is 4.90 Å². The molecule has 0 radical (unpaired) electrons. The molecular formula is C12H14BrNO3S. The van der Waals surface area contributed by atoms with Gasteiger partial charge in [0, 0.05) is 11.9 Å². The number of halogens is 1. The third kappa shape index (κ3) is 2.44. The first-order valence-electron chi connectivity index (χ1n) is 5.58. The molecule has 0 aromatic carbocycles. The number of ether oxygens (including phenoxy) is 1. The molecule has 0 aliphatic heterocycles. The maximum atomic E-state index is 12.3. The van der Waals surface area contributed by atoms with Crippen LogP contribution in [-0.2, 0) is 20.9 Å². The van der Waals surface area contributed by atoms with Gasteiger partial charge in [-0.3, -0.25) is 9.59 Å². The lowest BCUT2D eigenvalue weighted by molar-refractivity contribution is -0.155. The first-order valence-corrected chi connectivity index (χ1v) is 7.19.